The van der Waals surface area contributed by atoms with E-state index in [9.17, 15) is 9.18 Å². The van der Waals surface area contributed by atoms with Gasteiger partial charge in [0, 0.05) is 43.0 Å². The zero-order chi connectivity index (χ0) is 25.0. The number of benzene rings is 1. The summed E-state index contributed by atoms with van der Waals surface area (Å²) >= 11 is 0. The molecule has 1 amide bonds. The molecule has 1 N–H and O–H groups in total. The Kier molecular flexibility index (Phi) is 5.22. The van der Waals surface area contributed by atoms with Crippen molar-refractivity contribution in [2.75, 3.05) is 32.6 Å². The van der Waals surface area contributed by atoms with Crippen molar-refractivity contribution < 1.29 is 13.9 Å². The number of rotatable bonds is 6. The number of ether oxygens (including phenoxy) is 1. The fourth-order valence-corrected chi connectivity index (χ4v) is 5.31. The van der Waals surface area contributed by atoms with E-state index < -0.39 is 0 Å². The number of nitrogens with one attached hydrogen (secondary N) is 1. The Morgan fingerprint density at radius 2 is 2.06 bits per heavy atom. The van der Waals surface area contributed by atoms with Gasteiger partial charge in [0.2, 0.25) is 5.91 Å². The third kappa shape index (κ3) is 3.60. The van der Waals surface area contributed by atoms with Gasteiger partial charge in [0.1, 0.15) is 29.0 Å². The molecule has 1 saturated heterocycles. The second-order valence-corrected chi connectivity index (χ2v) is 9.59. The molecular formula is C26H26FN7O2. The number of fused-ring (bicyclic) bond motifs is 2. The number of likely N-dealkylation sites (tertiary alicyclic amines) is 1. The number of amides is 1. The number of hydrogen-bond donors (Lipinski definition) is 1. The molecule has 2 atom stereocenters. The number of carbonyl (C=O) groups is 1. The highest BCUT2D eigenvalue weighted by Crippen LogP contribution is 2.58. The summed E-state index contributed by atoms with van der Waals surface area (Å²) in [5.74, 6) is 0.801. The molecule has 0 spiro atoms. The molecule has 0 unspecified atom stereocenters. The maximum absolute atomic E-state index is 13.6. The Morgan fingerprint density at radius 3 is 2.75 bits per heavy atom. The maximum atomic E-state index is 13.6. The Morgan fingerprint density at radius 1 is 1.25 bits per heavy atom. The van der Waals surface area contributed by atoms with Gasteiger partial charge in [-0.3, -0.25) is 9.48 Å². The second kappa shape index (κ2) is 8.34. The number of piperidine rings is 1. The normalized spacial score (nSPS) is 20.9. The molecule has 4 heterocycles. The molecule has 184 valence electrons. The van der Waals surface area contributed by atoms with Gasteiger partial charge in [-0.1, -0.05) is 0 Å². The van der Waals surface area contributed by atoms with Crippen LogP contribution in [0.15, 0.2) is 42.9 Å². The molecule has 2 fully saturated rings. The number of methoxy groups -OCH3 is 1. The first-order valence-electron chi connectivity index (χ1n) is 12.0. The molecule has 1 saturated carbocycles. The summed E-state index contributed by atoms with van der Waals surface area (Å²) in [6.45, 7) is 4.31. The van der Waals surface area contributed by atoms with Crippen LogP contribution in [0.1, 0.15) is 13.3 Å². The molecule has 1 aliphatic heterocycles. The zero-order valence-electron chi connectivity index (χ0n) is 20.3. The van der Waals surface area contributed by atoms with Gasteiger partial charge in [-0.2, -0.15) is 5.10 Å². The van der Waals surface area contributed by atoms with Crippen LogP contribution in [-0.4, -0.2) is 62.8 Å². The van der Waals surface area contributed by atoms with Crippen molar-refractivity contribution >= 4 is 22.8 Å². The Hall–Kier alpha value is -3.92. The molecule has 36 heavy (non-hydrogen) atoms. The molecule has 2 aliphatic rings. The number of carbonyl (C=O) groups excluding carboxylic acids is 1. The van der Waals surface area contributed by atoms with Crippen LogP contribution in [0.3, 0.4) is 0 Å². The van der Waals surface area contributed by atoms with Crippen LogP contribution in [0.5, 0.6) is 5.75 Å². The highest BCUT2D eigenvalue weighted by atomic mass is 19.1. The average molecular weight is 488 g/mol. The first-order valence-corrected chi connectivity index (χ1v) is 12.0. The van der Waals surface area contributed by atoms with Crippen molar-refractivity contribution in [1.82, 2.24) is 29.6 Å². The van der Waals surface area contributed by atoms with Crippen LogP contribution in [0.2, 0.25) is 0 Å². The van der Waals surface area contributed by atoms with Crippen molar-refractivity contribution in [2.24, 2.45) is 11.3 Å². The molecule has 4 aromatic rings. The van der Waals surface area contributed by atoms with Gasteiger partial charge in [0.05, 0.1) is 18.0 Å². The number of halogens is 1. The lowest BCUT2D eigenvalue weighted by atomic mass is 10.0. The van der Waals surface area contributed by atoms with E-state index >= 15 is 0 Å². The number of hydrogen-bond acceptors (Lipinski definition) is 7. The molecule has 6 rings (SSSR count). The third-order valence-electron chi connectivity index (χ3n) is 7.25. The summed E-state index contributed by atoms with van der Waals surface area (Å²) in [5.41, 5.74) is 3.47. The van der Waals surface area contributed by atoms with E-state index in [0.29, 0.717) is 46.5 Å². The van der Waals surface area contributed by atoms with Gasteiger partial charge in [0.15, 0.2) is 11.6 Å². The summed E-state index contributed by atoms with van der Waals surface area (Å²) in [4.78, 5) is 29.2. The van der Waals surface area contributed by atoms with E-state index in [0.717, 1.165) is 30.6 Å². The van der Waals surface area contributed by atoms with Gasteiger partial charge >= 0.3 is 0 Å². The summed E-state index contributed by atoms with van der Waals surface area (Å²) < 4.78 is 20.9. The van der Waals surface area contributed by atoms with Crippen molar-refractivity contribution in [3.8, 4) is 28.3 Å². The average Bonchev–Trinajstić information content (AvgIpc) is 3.22. The van der Waals surface area contributed by atoms with E-state index in [-0.39, 0.29) is 17.1 Å². The van der Waals surface area contributed by atoms with Crippen molar-refractivity contribution in [1.29, 1.82) is 0 Å². The Bertz CT molecular complexity index is 1490. The maximum Gasteiger partial charge on any atom is 0.233 e. The summed E-state index contributed by atoms with van der Waals surface area (Å²) in [6.07, 6.45) is 4.26. The minimum atomic E-state index is -0.357. The van der Waals surface area contributed by atoms with Gasteiger partial charge in [0.25, 0.3) is 0 Å². The molecule has 0 radical (unpaired) electrons. The SMILES string of the molecule is CCn1cc(-c2ncnc3cc(OC)c(NC(=O)[C@]45C[C@H]4CN(C)C5)nc23)c(-c2ccc(F)cc2)n1. The number of nitrogens with zero attached hydrogens (tertiary/aromatic N) is 6. The highest BCUT2D eigenvalue weighted by molar-refractivity contribution is 6.01. The van der Waals surface area contributed by atoms with Crippen LogP contribution in [0.4, 0.5) is 10.2 Å². The van der Waals surface area contributed by atoms with E-state index in [1.165, 1.54) is 18.5 Å². The minimum absolute atomic E-state index is 0.0359. The summed E-state index contributed by atoms with van der Waals surface area (Å²) in [6, 6.07) is 7.95. The largest absolute Gasteiger partial charge is 0.493 e. The van der Waals surface area contributed by atoms with Crippen LogP contribution >= 0.6 is 0 Å². The van der Waals surface area contributed by atoms with Gasteiger partial charge < -0.3 is 15.0 Å². The lowest BCUT2D eigenvalue weighted by molar-refractivity contribution is -0.121. The number of aryl methyl sites for hydroxylation is 1. The topological polar surface area (TPSA) is 98.1 Å². The first-order chi connectivity index (χ1) is 17.4. The van der Waals surface area contributed by atoms with Gasteiger partial charge in [-0.15, -0.1) is 0 Å². The zero-order valence-corrected chi connectivity index (χ0v) is 20.3. The first kappa shape index (κ1) is 22.5. The molecule has 10 heteroatoms. The van der Waals surface area contributed by atoms with Crippen molar-refractivity contribution in [3.63, 3.8) is 0 Å². The van der Waals surface area contributed by atoms with Crippen molar-refractivity contribution in [2.45, 2.75) is 19.9 Å². The highest BCUT2D eigenvalue weighted by Gasteiger charge is 2.64. The molecular weight excluding hydrogens is 461 g/mol. The van der Waals surface area contributed by atoms with E-state index in [1.807, 2.05) is 20.2 Å². The number of pyridine rings is 1. The molecule has 1 aliphatic carbocycles. The lowest BCUT2D eigenvalue weighted by Crippen LogP contribution is -2.31. The smallest absolute Gasteiger partial charge is 0.233 e. The van der Waals surface area contributed by atoms with Crippen LogP contribution in [-0.2, 0) is 11.3 Å². The number of aromatic nitrogens is 5. The van der Waals surface area contributed by atoms with Crippen LogP contribution < -0.4 is 10.1 Å². The minimum Gasteiger partial charge on any atom is -0.493 e. The van der Waals surface area contributed by atoms with E-state index in [2.05, 4.69) is 20.2 Å². The molecule has 9 nitrogen and oxygen atoms in total. The summed E-state index contributed by atoms with van der Waals surface area (Å²) in [7, 11) is 3.58. The summed E-state index contributed by atoms with van der Waals surface area (Å²) in [5, 5.41) is 7.72. The van der Waals surface area contributed by atoms with Gasteiger partial charge in [-0.05, 0) is 50.6 Å². The lowest BCUT2D eigenvalue weighted by Gasteiger charge is -2.17. The third-order valence-corrected chi connectivity index (χ3v) is 7.25. The van der Waals surface area contributed by atoms with Crippen LogP contribution in [0, 0.1) is 17.2 Å². The van der Waals surface area contributed by atoms with E-state index in [1.54, 1.807) is 30.0 Å². The standard InChI is InChI=1S/C26H26FN7O2/c1-4-34-12-18(21(32-34)15-5-7-17(27)8-6-15)22-23-19(28-14-29-22)9-20(36-3)24(30-23)31-25(35)26-10-16(26)11-33(2)13-26/h5-9,12,14,16H,4,10-11,13H2,1-3H3,(H,30,31,35)/t16-,26-/m0/s1. The Balaban J connectivity index is 1.45. The van der Waals surface area contributed by atoms with Gasteiger partial charge in [-0.25, -0.2) is 19.3 Å². The number of anilines is 1. The molecule has 1 aromatic carbocycles. The Labute approximate surface area is 207 Å². The fraction of sp³-hybridized carbons (Fsp3) is 0.346. The van der Waals surface area contributed by atoms with Crippen molar-refractivity contribution in [3.05, 3.63) is 48.7 Å². The second-order valence-electron chi connectivity index (χ2n) is 9.59. The van der Waals surface area contributed by atoms with E-state index in [4.69, 9.17) is 14.8 Å². The fourth-order valence-electron chi connectivity index (χ4n) is 5.31. The quantitative estimate of drug-likeness (QED) is 0.444. The predicted molar refractivity (Wildman–Crippen MR) is 133 cm³/mol. The van der Waals surface area contributed by atoms with Crippen LogP contribution in [0.25, 0.3) is 33.5 Å². The predicted octanol–water partition coefficient (Wildman–Crippen LogP) is 3.61. The molecule has 3 aromatic heterocycles. The molecule has 0 bridgehead atoms. The monoisotopic (exact) mass is 487 g/mol.